The summed E-state index contributed by atoms with van der Waals surface area (Å²) in [6.07, 6.45) is 0.855. The van der Waals surface area contributed by atoms with Crippen molar-refractivity contribution in [1.29, 1.82) is 0 Å². The predicted molar refractivity (Wildman–Crippen MR) is 104 cm³/mol. The number of benzene rings is 2. The zero-order valence-corrected chi connectivity index (χ0v) is 15.2. The molecule has 0 atom stereocenters. The summed E-state index contributed by atoms with van der Waals surface area (Å²) in [5, 5.41) is 16.3. The van der Waals surface area contributed by atoms with E-state index >= 15 is 0 Å². The Morgan fingerprint density at radius 3 is 2.58 bits per heavy atom. The van der Waals surface area contributed by atoms with Crippen LogP contribution in [0, 0.1) is 0 Å². The fourth-order valence-electron chi connectivity index (χ4n) is 2.44. The number of nitrogens with zero attached hydrogens (tertiary/aromatic N) is 2. The first kappa shape index (κ1) is 17.8. The number of nitrogens with one attached hydrogen (secondary N) is 1. The van der Waals surface area contributed by atoms with Crippen LogP contribution < -0.4 is 5.43 Å². The molecule has 0 saturated carbocycles. The van der Waals surface area contributed by atoms with Crippen LogP contribution in [0.15, 0.2) is 65.1 Å². The standard InChI is InChI=1S/C20H19N3O2S/c1-2-17(15-8-10-16(24)11-9-15)22-23-19(25)12-20-21-18(13-26-20)14-6-4-3-5-7-14/h3-11,13,24H,2,12H2,1H3,(H,23,25)/b22-17+. The van der Waals surface area contributed by atoms with Gasteiger partial charge >= 0.3 is 0 Å². The maximum absolute atomic E-state index is 12.2. The van der Waals surface area contributed by atoms with Crippen molar-refractivity contribution in [3.05, 3.63) is 70.5 Å². The van der Waals surface area contributed by atoms with Crippen LogP contribution in [0.4, 0.5) is 0 Å². The molecule has 3 rings (SSSR count). The Kier molecular flexibility index (Phi) is 5.76. The largest absolute Gasteiger partial charge is 0.508 e. The van der Waals surface area contributed by atoms with E-state index in [-0.39, 0.29) is 18.1 Å². The van der Waals surface area contributed by atoms with Gasteiger partial charge in [0.15, 0.2) is 0 Å². The highest BCUT2D eigenvalue weighted by atomic mass is 32.1. The third-order valence-electron chi connectivity index (χ3n) is 3.78. The lowest BCUT2D eigenvalue weighted by Crippen LogP contribution is -2.21. The molecule has 0 spiro atoms. The molecule has 2 N–H and O–H groups in total. The first-order chi connectivity index (χ1) is 12.7. The summed E-state index contributed by atoms with van der Waals surface area (Å²) in [5.41, 5.74) is 6.13. The molecule has 1 amide bonds. The molecule has 6 heteroatoms. The quantitative estimate of drug-likeness (QED) is 0.512. The SMILES string of the molecule is CC/C(=N\NC(=O)Cc1nc(-c2ccccc2)cs1)c1ccc(O)cc1. The summed E-state index contributed by atoms with van der Waals surface area (Å²) in [6, 6.07) is 16.6. The summed E-state index contributed by atoms with van der Waals surface area (Å²) in [6.45, 7) is 1.96. The van der Waals surface area contributed by atoms with E-state index in [4.69, 9.17) is 0 Å². The lowest BCUT2D eigenvalue weighted by molar-refractivity contribution is -0.120. The number of hydrogen-bond donors (Lipinski definition) is 2. The van der Waals surface area contributed by atoms with Crippen LogP contribution in [0.3, 0.4) is 0 Å². The molecule has 1 heterocycles. The molecule has 0 bridgehead atoms. The number of amides is 1. The van der Waals surface area contributed by atoms with Gasteiger partial charge in [0.05, 0.1) is 17.8 Å². The van der Waals surface area contributed by atoms with Gasteiger partial charge in [-0.1, -0.05) is 37.3 Å². The van der Waals surface area contributed by atoms with Gasteiger partial charge in [0.25, 0.3) is 0 Å². The van der Waals surface area contributed by atoms with Gasteiger partial charge in [-0.3, -0.25) is 4.79 Å². The Hall–Kier alpha value is -2.99. The van der Waals surface area contributed by atoms with Crippen molar-refractivity contribution >= 4 is 23.0 Å². The maximum Gasteiger partial charge on any atom is 0.246 e. The molecule has 0 aliphatic rings. The van der Waals surface area contributed by atoms with Gasteiger partial charge in [0.1, 0.15) is 10.8 Å². The number of carbonyl (C=O) groups excluding carboxylic acids is 1. The Morgan fingerprint density at radius 1 is 1.15 bits per heavy atom. The van der Waals surface area contributed by atoms with Gasteiger partial charge < -0.3 is 5.11 Å². The van der Waals surface area contributed by atoms with Crippen molar-refractivity contribution < 1.29 is 9.90 Å². The van der Waals surface area contributed by atoms with Crippen LogP contribution in [0.2, 0.25) is 0 Å². The lowest BCUT2D eigenvalue weighted by atomic mass is 10.1. The van der Waals surface area contributed by atoms with Crippen molar-refractivity contribution in [3.8, 4) is 17.0 Å². The smallest absolute Gasteiger partial charge is 0.246 e. The van der Waals surface area contributed by atoms with Crippen LogP contribution >= 0.6 is 11.3 Å². The average Bonchev–Trinajstić information content (AvgIpc) is 3.13. The van der Waals surface area contributed by atoms with Crippen LogP contribution in [0.1, 0.15) is 23.9 Å². The third-order valence-corrected chi connectivity index (χ3v) is 4.63. The minimum atomic E-state index is -0.205. The van der Waals surface area contributed by atoms with Crippen molar-refractivity contribution in [3.63, 3.8) is 0 Å². The zero-order valence-electron chi connectivity index (χ0n) is 14.3. The number of rotatable bonds is 6. The first-order valence-corrected chi connectivity index (χ1v) is 9.18. The van der Waals surface area contributed by atoms with Gasteiger partial charge in [-0.2, -0.15) is 5.10 Å². The minimum Gasteiger partial charge on any atom is -0.508 e. The molecule has 1 aromatic heterocycles. The van der Waals surface area contributed by atoms with Crippen molar-refractivity contribution in [2.24, 2.45) is 5.10 Å². The normalized spacial score (nSPS) is 11.3. The molecular weight excluding hydrogens is 346 g/mol. The highest BCUT2D eigenvalue weighted by Crippen LogP contribution is 2.21. The third kappa shape index (κ3) is 4.55. The number of hydrogen-bond acceptors (Lipinski definition) is 5. The van der Waals surface area contributed by atoms with E-state index in [0.717, 1.165) is 27.5 Å². The van der Waals surface area contributed by atoms with E-state index in [1.165, 1.54) is 11.3 Å². The molecular formula is C20H19N3O2S. The molecule has 0 saturated heterocycles. The Bertz CT molecular complexity index is 902. The summed E-state index contributed by atoms with van der Waals surface area (Å²) in [5.74, 6) is -0.00470. The van der Waals surface area contributed by atoms with Crippen molar-refractivity contribution in [2.75, 3.05) is 0 Å². The number of aromatic hydroxyl groups is 1. The molecule has 0 aliphatic heterocycles. The van der Waals surface area contributed by atoms with Crippen molar-refractivity contribution in [2.45, 2.75) is 19.8 Å². The highest BCUT2D eigenvalue weighted by molar-refractivity contribution is 7.10. The highest BCUT2D eigenvalue weighted by Gasteiger charge is 2.09. The monoisotopic (exact) mass is 365 g/mol. The van der Waals surface area contributed by atoms with Gasteiger partial charge in [-0.15, -0.1) is 11.3 Å². The number of carbonyl (C=O) groups is 1. The first-order valence-electron chi connectivity index (χ1n) is 8.30. The van der Waals surface area contributed by atoms with Crippen LogP contribution in [0.5, 0.6) is 5.75 Å². The Labute approximate surface area is 156 Å². The second-order valence-corrected chi connectivity index (χ2v) is 6.61. The second kappa shape index (κ2) is 8.40. The fourth-order valence-corrected chi connectivity index (χ4v) is 3.24. The molecule has 0 fully saturated rings. The summed E-state index contributed by atoms with van der Waals surface area (Å²) in [7, 11) is 0. The van der Waals surface area contributed by atoms with Gasteiger partial charge in [-0.05, 0) is 36.2 Å². The van der Waals surface area contributed by atoms with Gasteiger partial charge in [0.2, 0.25) is 5.91 Å². The van der Waals surface area contributed by atoms with E-state index < -0.39 is 0 Å². The average molecular weight is 365 g/mol. The minimum absolute atomic E-state index is 0.188. The lowest BCUT2D eigenvalue weighted by Gasteiger charge is -2.05. The fraction of sp³-hybridized carbons (Fsp3) is 0.150. The maximum atomic E-state index is 12.2. The number of hydrazone groups is 1. The number of phenols is 1. The Balaban J connectivity index is 1.63. The van der Waals surface area contributed by atoms with Crippen LogP contribution in [-0.2, 0) is 11.2 Å². The van der Waals surface area contributed by atoms with E-state index in [1.54, 1.807) is 24.3 Å². The summed E-state index contributed by atoms with van der Waals surface area (Å²) >= 11 is 1.46. The van der Waals surface area contributed by atoms with Gasteiger partial charge in [0, 0.05) is 10.9 Å². The number of aromatic nitrogens is 1. The molecule has 2 aromatic carbocycles. The van der Waals surface area contributed by atoms with Crippen LogP contribution in [-0.4, -0.2) is 21.7 Å². The molecule has 0 aliphatic carbocycles. The summed E-state index contributed by atoms with van der Waals surface area (Å²) < 4.78 is 0. The number of thiazole rings is 1. The van der Waals surface area contributed by atoms with Crippen LogP contribution in [0.25, 0.3) is 11.3 Å². The second-order valence-electron chi connectivity index (χ2n) is 5.66. The van der Waals surface area contributed by atoms with Crippen molar-refractivity contribution in [1.82, 2.24) is 10.4 Å². The summed E-state index contributed by atoms with van der Waals surface area (Å²) in [4.78, 5) is 16.7. The molecule has 132 valence electrons. The topological polar surface area (TPSA) is 74.6 Å². The van der Waals surface area contributed by atoms with E-state index in [1.807, 2.05) is 42.6 Å². The van der Waals surface area contributed by atoms with E-state index in [2.05, 4.69) is 15.5 Å². The zero-order chi connectivity index (χ0) is 18.4. The van der Waals surface area contributed by atoms with E-state index in [0.29, 0.717) is 6.42 Å². The van der Waals surface area contributed by atoms with Gasteiger partial charge in [-0.25, -0.2) is 10.4 Å². The molecule has 0 radical (unpaired) electrons. The molecule has 26 heavy (non-hydrogen) atoms. The molecule has 3 aromatic rings. The molecule has 0 unspecified atom stereocenters. The molecule has 5 nitrogen and oxygen atoms in total. The number of phenolic OH excluding ortho intramolecular Hbond substituents is 1. The predicted octanol–water partition coefficient (Wildman–Crippen LogP) is 3.99. The van der Waals surface area contributed by atoms with E-state index in [9.17, 15) is 9.90 Å². The Morgan fingerprint density at radius 2 is 1.88 bits per heavy atom.